The summed E-state index contributed by atoms with van der Waals surface area (Å²) in [6.45, 7) is 0. The van der Waals surface area contributed by atoms with Crippen LogP contribution in [0.1, 0.15) is 5.56 Å². The van der Waals surface area contributed by atoms with Crippen molar-refractivity contribution in [3.8, 4) is 11.4 Å². The van der Waals surface area contributed by atoms with Crippen molar-refractivity contribution in [1.82, 2.24) is 19.8 Å². The molecule has 132 valence electrons. The van der Waals surface area contributed by atoms with Crippen molar-refractivity contribution in [2.45, 2.75) is 0 Å². The quantitative estimate of drug-likeness (QED) is 0.333. The summed E-state index contributed by atoms with van der Waals surface area (Å²) in [4.78, 5) is 10.2. The van der Waals surface area contributed by atoms with Crippen LogP contribution >= 0.6 is 0 Å². The lowest BCUT2D eigenvalue weighted by atomic mass is 10.2. The van der Waals surface area contributed by atoms with Crippen molar-refractivity contribution in [1.29, 1.82) is 0 Å². The number of hydrazone groups is 1. The number of nitrogens with one attached hydrogen (secondary N) is 1. The molecule has 0 atom stereocenters. The van der Waals surface area contributed by atoms with Gasteiger partial charge in [-0.05, 0) is 29.8 Å². The highest BCUT2D eigenvalue weighted by Crippen LogP contribution is 2.18. The first-order valence-electron chi connectivity index (χ1n) is 8.02. The number of nitro benzene ring substituents is 1. The minimum atomic E-state index is -0.443. The van der Waals surface area contributed by atoms with E-state index in [9.17, 15) is 10.1 Å². The molecule has 0 unspecified atom stereocenters. The largest absolute Gasteiger partial charge is 0.269 e. The zero-order valence-electron chi connectivity index (χ0n) is 13.9. The first-order chi connectivity index (χ1) is 13.2. The van der Waals surface area contributed by atoms with Crippen LogP contribution in [0.5, 0.6) is 0 Å². The molecule has 9 nitrogen and oxygen atoms in total. The SMILES string of the molecule is O=[N+]([O-])c1ccc(C=NNc2ccc3nnc(-c4ccccc4)n3n2)cc1. The van der Waals surface area contributed by atoms with Crippen molar-refractivity contribution in [3.63, 3.8) is 0 Å². The number of hydrogen-bond donors (Lipinski definition) is 1. The summed E-state index contributed by atoms with van der Waals surface area (Å²) in [7, 11) is 0. The third-order valence-electron chi connectivity index (χ3n) is 3.79. The summed E-state index contributed by atoms with van der Waals surface area (Å²) in [6, 6.07) is 19.3. The molecule has 2 heterocycles. The fraction of sp³-hybridized carbons (Fsp3) is 0. The number of aromatic nitrogens is 4. The summed E-state index contributed by atoms with van der Waals surface area (Å²) in [5.41, 5.74) is 5.13. The van der Waals surface area contributed by atoms with Crippen LogP contribution in [0.2, 0.25) is 0 Å². The molecule has 0 aliphatic carbocycles. The highest BCUT2D eigenvalue weighted by atomic mass is 16.6. The number of nitrogens with zero attached hydrogens (tertiary/aromatic N) is 6. The third kappa shape index (κ3) is 3.47. The van der Waals surface area contributed by atoms with Crippen LogP contribution in [0.15, 0.2) is 71.8 Å². The summed E-state index contributed by atoms with van der Waals surface area (Å²) in [5.74, 6) is 1.14. The van der Waals surface area contributed by atoms with Gasteiger partial charge in [-0.2, -0.15) is 9.62 Å². The third-order valence-corrected chi connectivity index (χ3v) is 3.79. The predicted octanol–water partition coefficient (Wildman–Crippen LogP) is 3.15. The van der Waals surface area contributed by atoms with Gasteiger partial charge in [-0.15, -0.1) is 15.3 Å². The molecule has 1 N–H and O–H groups in total. The molecule has 0 aliphatic rings. The average Bonchev–Trinajstić information content (AvgIpc) is 3.12. The molecular formula is C18H13N7O2. The van der Waals surface area contributed by atoms with Gasteiger partial charge in [0.2, 0.25) is 0 Å². The van der Waals surface area contributed by atoms with Crippen LogP contribution in [0.3, 0.4) is 0 Å². The molecule has 0 aliphatic heterocycles. The van der Waals surface area contributed by atoms with Crippen LogP contribution in [-0.4, -0.2) is 30.9 Å². The van der Waals surface area contributed by atoms with Crippen molar-refractivity contribution >= 4 is 23.4 Å². The molecule has 0 spiro atoms. The molecule has 27 heavy (non-hydrogen) atoms. The summed E-state index contributed by atoms with van der Waals surface area (Å²) in [6.07, 6.45) is 1.56. The van der Waals surface area contributed by atoms with E-state index in [4.69, 9.17) is 0 Å². The van der Waals surface area contributed by atoms with Crippen LogP contribution in [-0.2, 0) is 0 Å². The van der Waals surface area contributed by atoms with E-state index in [1.54, 1.807) is 35.0 Å². The Bertz CT molecular complexity index is 1120. The second-order valence-corrected chi connectivity index (χ2v) is 5.60. The number of nitro groups is 1. The number of hydrogen-bond acceptors (Lipinski definition) is 7. The van der Waals surface area contributed by atoms with Gasteiger partial charge in [0.1, 0.15) is 0 Å². The van der Waals surface area contributed by atoms with E-state index in [1.807, 2.05) is 30.3 Å². The number of anilines is 1. The van der Waals surface area contributed by atoms with Gasteiger partial charge < -0.3 is 0 Å². The molecule has 2 aromatic carbocycles. The summed E-state index contributed by atoms with van der Waals surface area (Å²) >= 11 is 0. The lowest BCUT2D eigenvalue weighted by Crippen LogP contribution is -2.00. The van der Waals surface area contributed by atoms with Gasteiger partial charge in [0.05, 0.1) is 11.1 Å². The Balaban J connectivity index is 1.55. The lowest BCUT2D eigenvalue weighted by molar-refractivity contribution is -0.384. The molecule has 0 amide bonds. The fourth-order valence-corrected chi connectivity index (χ4v) is 2.47. The van der Waals surface area contributed by atoms with Gasteiger partial charge in [0.25, 0.3) is 5.69 Å². The maximum atomic E-state index is 10.7. The lowest BCUT2D eigenvalue weighted by Gasteiger charge is -2.02. The number of non-ortho nitro benzene ring substituents is 1. The fourth-order valence-electron chi connectivity index (χ4n) is 2.47. The van der Waals surface area contributed by atoms with Gasteiger partial charge >= 0.3 is 0 Å². The van der Waals surface area contributed by atoms with E-state index >= 15 is 0 Å². The Morgan fingerprint density at radius 2 is 1.78 bits per heavy atom. The second-order valence-electron chi connectivity index (χ2n) is 5.60. The minimum absolute atomic E-state index is 0.0354. The summed E-state index contributed by atoms with van der Waals surface area (Å²) < 4.78 is 1.64. The van der Waals surface area contributed by atoms with Gasteiger partial charge in [-0.25, -0.2) is 0 Å². The maximum Gasteiger partial charge on any atom is 0.269 e. The van der Waals surface area contributed by atoms with Crippen molar-refractivity contribution in [2.24, 2.45) is 5.10 Å². The van der Waals surface area contributed by atoms with E-state index < -0.39 is 4.92 Å². The van der Waals surface area contributed by atoms with Crippen molar-refractivity contribution < 1.29 is 4.92 Å². The number of fused-ring (bicyclic) bond motifs is 1. The van der Waals surface area contributed by atoms with Crippen molar-refractivity contribution in [3.05, 3.63) is 82.4 Å². The number of benzene rings is 2. The van der Waals surface area contributed by atoms with E-state index in [1.165, 1.54) is 12.1 Å². The highest BCUT2D eigenvalue weighted by Gasteiger charge is 2.09. The first kappa shape index (κ1) is 16.3. The molecule has 4 rings (SSSR count). The smallest absolute Gasteiger partial charge is 0.260 e. The Labute approximate surface area is 153 Å². The standard InChI is InChI=1S/C18H13N7O2/c26-25(27)15-8-6-13(7-9-15)12-19-20-16-10-11-17-21-22-18(24(17)23-16)14-4-2-1-3-5-14/h1-12H,(H,20,23). The van der Waals surface area contributed by atoms with Crippen LogP contribution in [0, 0.1) is 10.1 Å². The van der Waals surface area contributed by atoms with Gasteiger partial charge in [-0.1, -0.05) is 30.3 Å². The molecular weight excluding hydrogens is 346 g/mol. The normalized spacial score (nSPS) is 11.1. The topological polar surface area (TPSA) is 111 Å². The van der Waals surface area contributed by atoms with Crippen LogP contribution in [0.4, 0.5) is 11.5 Å². The Morgan fingerprint density at radius 3 is 2.52 bits per heavy atom. The van der Waals surface area contributed by atoms with Crippen LogP contribution in [0.25, 0.3) is 17.0 Å². The Morgan fingerprint density at radius 1 is 1.00 bits per heavy atom. The predicted molar refractivity (Wildman–Crippen MR) is 101 cm³/mol. The van der Waals surface area contributed by atoms with E-state index in [0.29, 0.717) is 17.3 Å². The molecule has 0 saturated carbocycles. The number of rotatable bonds is 5. The molecule has 2 aromatic heterocycles. The zero-order chi connectivity index (χ0) is 18.6. The molecule has 0 bridgehead atoms. The average molecular weight is 359 g/mol. The maximum absolute atomic E-state index is 10.7. The zero-order valence-corrected chi connectivity index (χ0v) is 13.9. The highest BCUT2D eigenvalue weighted by molar-refractivity contribution is 5.80. The monoisotopic (exact) mass is 359 g/mol. The van der Waals surface area contributed by atoms with Gasteiger partial charge in [-0.3, -0.25) is 15.5 Å². The van der Waals surface area contributed by atoms with Crippen molar-refractivity contribution in [2.75, 3.05) is 5.43 Å². The molecule has 0 radical (unpaired) electrons. The van der Waals surface area contributed by atoms with E-state index in [0.717, 1.165) is 11.1 Å². The molecule has 0 saturated heterocycles. The first-order valence-corrected chi connectivity index (χ1v) is 8.02. The molecule has 0 fully saturated rings. The Hall–Kier alpha value is -4.14. The minimum Gasteiger partial charge on any atom is -0.260 e. The van der Waals surface area contributed by atoms with Gasteiger partial charge in [0, 0.05) is 17.7 Å². The second kappa shape index (κ2) is 7.00. The Kier molecular flexibility index (Phi) is 4.24. The van der Waals surface area contributed by atoms with Crippen LogP contribution < -0.4 is 5.43 Å². The van der Waals surface area contributed by atoms with E-state index in [2.05, 4.69) is 25.8 Å². The summed E-state index contributed by atoms with van der Waals surface area (Å²) in [5, 5.41) is 27.5. The molecule has 9 heteroatoms. The van der Waals surface area contributed by atoms with E-state index in [-0.39, 0.29) is 5.69 Å². The van der Waals surface area contributed by atoms with Gasteiger partial charge in [0.15, 0.2) is 17.3 Å². The molecule has 4 aromatic rings.